The fourth-order valence-corrected chi connectivity index (χ4v) is 2.34. The molecule has 4 nitrogen and oxygen atoms in total. The molecular formula is C11H16O4S. The quantitative estimate of drug-likeness (QED) is 0.712. The van der Waals surface area contributed by atoms with Crippen LogP contribution in [0.3, 0.4) is 0 Å². The molecule has 5 heteroatoms. The van der Waals surface area contributed by atoms with Gasteiger partial charge in [-0.15, -0.1) is 0 Å². The largest absolute Gasteiger partial charge is 0.497 e. The second kappa shape index (κ2) is 5.86. The number of benzene rings is 1. The Bertz CT molecular complexity index is 408. The maximum absolute atomic E-state index is 11.8. The third-order valence-corrected chi connectivity index (χ3v) is 3.81. The van der Waals surface area contributed by atoms with Crippen LogP contribution in [-0.4, -0.2) is 34.5 Å². The van der Waals surface area contributed by atoms with Gasteiger partial charge >= 0.3 is 0 Å². The van der Waals surface area contributed by atoms with E-state index in [2.05, 4.69) is 0 Å². The second-order valence-electron chi connectivity index (χ2n) is 3.19. The molecule has 0 aliphatic carbocycles. The summed E-state index contributed by atoms with van der Waals surface area (Å²) in [6, 6.07) is 6.35. The maximum atomic E-state index is 11.8. The molecule has 1 rings (SSSR count). The van der Waals surface area contributed by atoms with E-state index < -0.39 is 9.84 Å². The molecule has 0 aromatic heterocycles. The van der Waals surface area contributed by atoms with Crippen molar-refractivity contribution in [3.05, 3.63) is 24.3 Å². The number of ether oxygens (including phenoxy) is 2. The fraction of sp³-hybridized carbons (Fsp3) is 0.455. The molecule has 0 unspecified atom stereocenters. The van der Waals surface area contributed by atoms with Gasteiger partial charge in [-0.2, -0.15) is 0 Å². The monoisotopic (exact) mass is 244 g/mol. The highest BCUT2D eigenvalue weighted by Crippen LogP contribution is 2.16. The van der Waals surface area contributed by atoms with Crippen LogP contribution in [0, 0.1) is 0 Å². The molecule has 90 valence electrons. The van der Waals surface area contributed by atoms with Gasteiger partial charge in [0.2, 0.25) is 0 Å². The van der Waals surface area contributed by atoms with Gasteiger partial charge in [0, 0.05) is 6.61 Å². The smallest absolute Gasteiger partial charge is 0.180 e. The molecule has 0 aliphatic rings. The SMILES string of the molecule is CCOCCS(=O)(=O)c1ccc(OC)cc1. The molecule has 0 saturated heterocycles. The predicted octanol–water partition coefficient (Wildman–Crippen LogP) is 1.51. The molecule has 1 aromatic carbocycles. The lowest BCUT2D eigenvalue weighted by Crippen LogP contribution is -2.12. The number of methoxy groups -OCH3 is 1. The van der Waals surface area contributed by atoms with Crippen LogP contribution in [-0.2, 0) is 14.6 Å². The summed E-state index contributed by atoms with van der Waals surface area (Å²) in [5, 5.41) is 0. The van der Waals surface area contributed by atoms with Crippen molar-refractivity contribution in [1.29, 1.82) is 0 Å². The average Bonchev–Trinajstić information content (AvgIpc) is 2.29. The van der Waals surface area contributed by atoms with Gasteiger partial charge in [0.05, 0.1) is 24.4 Å². The van der Waals surface area contributed by atoms with Gasteiger partial charge in [-0.3, -0.25) is 0 Å². The standard InChI is InChI=1S/C11H16O4S/c1-3-15-8-9-16(12,13)11-6-4-10(14-2)5-7-11/h4-7H,3,8-9H2,1-2H3. The first-order valence-electron chi connectivity index (χ1n) is 5.04. The molecule has 0 heterocycles. The average molecular weight is 244 g/mol. The maximum Gasteiger partial charge on any atom is 0.180 e. The third-order valence-electron chi connectivity index (χ3n) is 2.12. The van der Waals surface area contributed by atoms with Crippen LogP contribution < -0.4 is 4.74 Å². The summed E-state index contributed by atoms with van der Waals surface area (Å²) in [5.74, 6) is 0.649. The Balaban J connectivity index is 2.74. The summed E-state index contributed by atoms with van der Waals surface area (Å²) >= 11 is 0. The Morgan fingerprint density at radius 2 is 1.81 bits per heavy atom. The molecule has 0 atom stereocenters. The highest BCUT2D eigenvalue weighted by atomic mass is 32.2. The third kappa shape index (κ3) is 3.50. The van der Waals surface area contributed by atoms with Crippen LogP contribution in [0.25, 0.3) is 0 Å². The first-order valence-corrected chi connectivity index (χ1v) is 6.70. The molecule has 0 saturated carbocycles. The van der Waals surface area contributed by atoms with Crippen LogP contribution in [0.5, 0.6) is 5.75 Å². The predicted molar refractivity (Wildman–Crippen MR) is 61.5 cm³/mol. The molecule has 0 N–H and O–H groups in total. The lowest BCUT2D eigenvalue weighted by molar-refractivity contribution is 0.163. The normalized spacial score (nSPS) is 11.4. The van der Waals surface area contributed by atoms with Crippen molar-refractivity contribution in [3.63, 3.8) is 0 Å². The molecule has 16 heavy (non-hydrogen) atoms. The summed E-state index contributed by atoms with van der Waals surface area (Å²) in [6.07, 6.45) is 0. The van der Waals surface area contributed by atoms with Gasteiger partial charge in [-0.25, -0.2) is 8.42 Å². The van der Waals surface area contributed by atoms with E-state index in [4.69, 9.17) is 9.47 Å². The van der Waals surface area contributed by atoms with Crippen LogP contribution in [0.1, 0.15) is 6.92 Å². The van der Waals surface area contributed by atoms with Crippen LogP contribution >= 0.6 is 0 Å². The van der Waals surface area contributed by atoms with E-state index >= 15 is 0 Å². The molecule has 0 bridgehead atoms. The first-order chi connectivity index (χ1) is 7.60. The lowest BCUT2D eigenvalue weighted by atomic mass is 10.3. The van der Waals surface area contributed by atoms with Gasteiger partial charge in [0.15, 0.2) is 9.84 Å². The summed E-state index contributed by atoms with van der Waals surface area (Å²) in [5.41, 5.74) is 0. The zero-order chi connectivity index (χ0) is 12.0. The summed E-state index contributed by atoms with van der Waals surface area (Å²) < 4.78 is 33.6. The topological polar surface area (TPSA) is 52.6 Å². The Morgan fingerprint density at radius 1 is 1.19 bits per heavy atom. The summed E-state index contributed by atoms with van der Waals surface area (Å²) in [4.78, 5) is 0.299. The minimum absolute atomic E-state index is 0.00711. The molecule has 0 spiro atoms. The fourth-order valence-electron chi connectivity index (χ4n) is 1.21. The highest BCUT2D eigenvalue weighted by molar-refractivity contribution is 7.91. The van der Waals surface area contributed by atoms with E-state index in [-0.39, 0.29) is 12.4 Å². The van der Waals surface area contributed by atoms with E-state index in [9.17, 15) is 8.42 Å². The van der Waals surface area contributed by atoms with Crippen LogP contribution in [0.4, 0.5) is 0 Å². The summed E-state index contributed by atoms with van der Waals surface area (Å²) in [7, 11) is -1.70. The van der Waals surface area contributed by atoms with Gasteiger partial charge in [-0.05, 0) is 31.2 Å². The van der Waals surface area contributed by atoms with Crippen LogP contribution in [0.15, 0.2) is 29.2 Å². The first kappa shape index (κ1) is 13.0. The summed E-state index contributed by atoms with van der Waals surface area (Å²) in [6.45, 7) is 2.59. The van der Waals surface area contributed by atoms with E-state index in [0.29, 0.717) is 17.3 Å². The minimum atomic E-state index is -3.24. The number of sulfone groups is 1. The van der Waals surface area contributed by atoms with Gasteiger partial charge in [0.1, 0.15) is 5.75 Å². The van der Waals surface area contributed by atoms with Crippen molar-refractivity contribution in [2.75, 3.05) is 26.1 Å². The molecule has 0 radical (unpaired) electrons. The van der Waals surface area contributed by atoms with Gasteiger partial charge in [0.25, 0.3) is 0 Å². The van der Waals surface area contributed by atoms with Crippen LogP contribution in [0.2, 0.25) is 0 Å². The molecule has 1 aromatic rings. The number of hydrogen-bond acceptors (Lipinski definition) is 4. The molecular weight excluding hydrogens is 228 g/mol. The van der Waals surface area contributed by atoms with E-state index in [1.165, 1.54) is 0 Å². The van der Waals surface area contributed by atoms with E-state index in [1.54, 1.807) is 31.4 Å². The van der Waals surface area contributed by atoms with Crippen molar-refractivity contribution < 1.29 is 17.9 Å². The lowest BCUT2D eigenvalue weighted by Gasteiger charge is -2.05. The van der Waals surface area contributed by atoms with E-state index in [0.717, 1.165) is 0 Å². The van der Waals surface area contributed by atoms with Gasteiger partial charge in [-0.1, -0.05) is 0 Å². The van der Waals surface area contributed by atoms with E-state index in [1.807, 2.05) is 6.92 Å². The zero-order valence-corrected chi connectivity index (χ0v) is 10.3. The Hall–Kier alpha value is -1.07. The van der Waals surface area contributed by atoms with Crippen molar-refractivity contribution >= 4 is 9.84 Å². The van der Waals surface area contributed by atoms with Crippen molar-refractivity contribution in [2.45, 2.75) is 11.8 Å². The minimum Gasteiger partial charge on any atom is -0.497 e. The Morgan fingerprint density at radius 3 is 2.31 bits per heavy atom. The Labute approximate surface area is 96.1 Å². The van der Waals surface area contributed by atoms with Crippen molar-refractivity contribution in [3.8, 4) is 5.75 Å². The molecule has 0 amide bonds. The molecule has 0 fully saturated rings. The number of hydrogen-bond donors (Lipinski definition) is 0. The zero-order valence-electron chi connectivity index (χ0n) is 9.47. The Kier molecular flexibility index (Phi) is 4.76. The highest BCUT2D eigenvalue weighted by Gasteiger charge is 2.13. The van der Waals surface area contributed by atoms with Crippen molar-refractivity contribution in [1.82, 2.24) is 0 Å². The number of rotatable bonds is 6. The second-order valence-corrected chi connectivity index (χ2v) is 5.30. The van der Waals surface area contributed by atoms with Crippen molar-refractivity contribution in [2.24, 2.45) is 0 Å². The molecule has 0 aliphatic heterocycles. The van der Waals surface area contributed by atoms with Gasteiger partial charge < -0.3 is 9.47 Å².